The number of nitrogens with two attached hydrogens (primary N) is 1. The second-order valence-electron chi connectivity index (χ2n) is 2.94. The quantitative estimate of drug-likeness (QED) is 0.573. The van der Waals surface area contributed by atoms with Gasteiger partial charge in [0.05, 0.1) is 12.5 Å². The van der Waals surface area contributed by atoms with Gasteiger partial charge in [-0.3, -0.25) is 4.79 Å². The van der Waals surface area contributed by atoms with Crippen molar-refractivity contribution in [3.05, 3.63) is 18.2 Å². The van der Waals surface area contributed by atoms with E-state index in [0.717, 1.165) is 0 Å². The van der Waals surface area contributed by atoms with Crippen LogP contribution in [0.3, 0.4) is 0 Å². The molecule has 2 heterocycles. The van der Waals surface area contributed by atoms with E-state index in [2.05, 4.69) is 9.97 Å². The Bertz CT molecular complexity index is 276. The minimum absolute atomic E-state index is 0.0193. The van der Waals surface area contributed by atoms with Gasteiger partial charge in [0.15, 0.2) is 0 Å². The minimum Gasteiger partial charge on any atom is -0.341 e. The van der Waals surface area contributed by atoms with E-state index in [-0.39, 0.29) is 11.9 Å². The highest BCUT2D eigenvalue weighted by Gasteiger charge is 2.28. The van der Waals surface area contributed by atoms with Crippen molar-refractivity contribution in [3.63, 3.8) is 0 Å². The zero-order valence-electron chi connectivity index (χ0n) is 6.53. The molecular weight excluding hydrogens is 156 g/mol. The lowest BCUT2D eigenvalue weighted by Crippen LogP contribution is -2.57. The van der Waals surface area contributed by atoms with Gasteiger partial charge in [-0.2, -0.15) is 0 Å². The summed E-state index contributed by atoms with van der Waals surface area (Å²) in [6, 6.07) is 0.150. The van der Waals surface area contributed by atoms with Gasteiger partial charge in [0.1, 0.15) is 5.69 Å². The van der Waals surface area contributed by atoms with Crippen LogP contribution in [-0.2, 0) is 0 Å². The van der Waals surface area contributed by atoms with Crippen molar-refractivity contribution >= 4 is 5.91 Å². The maximum Gasteiger partial charge on any atom is 0.272 e. The molecular formula is C7H10N4O. The monoisotopic (exact) mass is 166 g/mol. The van der Waals surface area contributed by atoms with E-state index in [0.29, 0.717) is 18.8 Å². The van der Waals surface area contributed by atoms with Crippen LogP contribution >= 0.6 is 0 Å². The molecule has 5 heteroatoms. The maximum atomic E-state index is 11.4. The predicted octanol–water partition coefficient (Wildman–Crippen LogP) is -0.807. The number of nitrogens with zero attached hydrogens (tertiary/aromatic N) is 2. The third-order valence-corrected chi connectivity index (χ3v) is 1.93. The molecule has 0 spiro atoms. The molecule has 1 aliphatic heterocycles. The molecule has 0 unspecified atom stereocenters. The summed E-state index contributed by atoms with van der Waals surface area (Å²) in [6.45, 7) is 1.30. The third-order valence-electron chi connectivity index (χ3n) is 1.93. The van der Waals surface area contributed by atoms with E-state index < -0.39 is 0 Å². The Morgan fingerprint density at radius 2 is 2.50 bits per heavy atom. The van der Waals surface area contributed by atoms with Gasteiger partial charge in [-0.05, 0) is 0 Å². The molecule has 1 fully saturated rings. The number of nitrogens with one attached hydrogen (secondary N) is 1. The number of carbonyl (C=O) groups is 1. The minimum atomic E-state index is -0.0193. The number of rotatable bonds is 1. The van der Waals surface area contributed by atoms with E-state index in [1.54, 1.807) is 4.90 Å². The Hall–Kier alpha value is -1.36. The number of carbonyl (C=O) groups excluding carboxylic acids is 1. The molecule has 1 saturated heterocycles. The number of aromatic nitrogens is 2. The van der Waals surface area contributed by atoms with Crippen molar-refractivity contribution < 1.29 is 4.79 Å². The van der Waals surface area contributed by atoms with E-state index in [1.165, 1.54) is 12.5 Å². The SMILES string of the molecule is NC1CN(C(=O)c2cnc[nH]2)C1. The van der Waals surface area contributed by atoms with Gasteiger partial charge in [0.2, 0.25) is 0 Å². The zero-order valence-corrected chi connectivity index (χ0v) is 6.53. The fourth-order valence-electron chi connectivity index (χ4n) is 1.22. The van der Waals surface area contributed by atoms with E-state index >= 15 is 0 Å². The lowest BCUT2D eigenvalue weighted by Gasteiger charge is -2.36. The maximum absolute atomic E-state index is 11.4. The lowest BCUT2D eigenvalue weighted by atomic mass is 10.1. The van der Waals surface area contributed by atoms with E-state index in [1.807, 2.05) is 0 Å². The first-order chi connectivity index (χ1) is 5.77. The van der Waals surface area contributed by atoms with Gasteiger partial charge >= 0.3 is 0 Å². The van der Waals surface area contributed by atoms with Crippen LogP contribution in [0.25, 0.3) is 0 Å². The van der Waals surface area contributed by atoms with Crippen molar-refractivity contribution in [2.24, 2.45) is 5.73 Å². The predicted molar refractivity (Wildman–Crippen MR) is 42.5 cm³/mol. The summed E-state index contributed by atoms with van der Waals surface area (Å²) in [5.41, 5.74) is 6.07. The first-order valence-corrected chi connectivity index (χ1v) is 3.80. The van der Waals surface area contributed by atoms with Crippen LogP contribution in [0.1, 0.15) is 10.5 Å². The number of H-pyrrole nitrogens is 1. The summed E-state index contributed by atoms with van der Waals surface area (Å²) in [5, 5.41) is 0. The molecule has 12 heavy (non-hydrogen) atoms. The zero-order chi connectivity index (χ0) is 8.55. The molecule has 0 saturated carbocycles. The average Bonchev–Trinajstić information content (AvgIpc) is 2.49. The second kappa shape index (κ2) is 2.60. The van der Waals surface area contributed by atoms with Crippen LogP contribution in [0, 0.1) is 0 Å². The number of hydrogen-bond acceptors (Lipinski definition) is 3. The van der Waals surface area contributed by atoms with Crippen molar-refractivity contribution in [1.82, 2.24) is 14.9 Å². The summed E-state index contributed by atoms with van der Waals surface area (Å²) in [5.74, 6) is -0.0193. The molecule has 64 valence electrons. The van der Waals surface area contributed by atoms with Crippen molar-refractivity contribution in [2.45, 2.75) is 6.04 Å². The topological polar surface area (TPSA) is 75.0 Å². The smallest absolute Gasteiger partial charge is 0.272 e. The standard InChI is InChI=1S/C7H10N4O/c8-5-2-11(3-5)7(12)6-1-9-4-10-6/h1,4-5H,2-3,8H2,(H,9,10). The number of amides is 1. The number of imidazole rings is 1. The van der Waals surface area contributed by atoms with Crippen LogP contribution in [-0.4, -0.2) is 39.9 Å². The largest absolute Gasteiger partial charge is 0.341 e. The van der Waals surface area contributed by atoms with Crippen LogP contribution in [0.4, 0.5) is 0 Å². The molecule has 1 aromatic heterocycles. The van der Waals surface area contributed by atoms with Gasteiger partial charge in [-0.15, -0.1) is 0 Å². The summed E-state index contributed by atoms with van der Waals surface area (Å²) in [7, 11) is 0. The first kappa shape index (κ1) is 7.30. The highest BCUT2D eigenvalue weighted by Crippen LogP contribution is 2.09. The van der Waals surface area contributed by atoms with Crippen LogP contribution in [0.2, 0.25) is 0 Å². The molecule has 1 aliphatic rings. The Labute approximate surface area is 69.6 Å². The summed E-state index contributed by atoms with van der Waals surface area (Å²) < 4.78 is 0. The highest BCUT2D eigenvalue weighted by atomic mass is 16.2. The summed E-state index contributed by atoms with van der Waals surface area (Å²) in [6.07, 6.45) is 3.01. The van der Waals surface area contributed by atoms with E-state index in [4.69, 9.17) is 5.73 Å². The summed E-state index contributed by atoms with van der Waals surface area (Å²) >= 11 is 0. The fourth-order valence-corrected chi connectivity index (χ4v) is 1.22. The van der Waals surface area contributed by atoms with Crippen LogP contribution in [0.5, 0.6) is 0 Å². The lowest BCUT2D eigenvalue weighted by molar-refractivity contribution is 0.0602. The highest BCUT2D eigenvalue weighted by molar-refractivity contribution is 5.92. The first-order valence-electron chi connectivity index (χ1n) is 3.80. The van der Waals surface area contributed by atoms with Gasteiger partial charge in [-0.1, -0.05) is 0 Å². The second-order valence-corrected chi connectivity index (χ2v) is 2.94. The van der Waals surface area contributed by atoms with Gasteiger partial charge in [0.25, 0.3) is 5.91 Å². The van der Waals surface area contributed by atoms with Crippen molar-refractivity contribution in [3.8, 4) is 0 Å². The van der Waals surface area contributed by atoms with E-state index in [9.17, 15) is 4.79 Å². The van der Waals surface area contributed by atoms with Gasteiger partial charge in [-0.25, -0.2) is 4.98 Å². The molecule has 3 N–H and O–H groups in total. The van der Waals surface area contributed by atoms with Crippen LogP contribution in [0.15, 0.2) is 12.5 Å². The summed E-state index contributed by atoms with van der Waals surface area (Å²) in [4.78, 5) is 19.7. The third kappa shape index (κ3) is 1.08. The van der Waals surface area contributed by atoms with Gasteiger partial charge < -0.3 is 15.6 Å². The molecule has 2 rings (SSSR count). The molecule has 0 aromatic carbocycles. The van der Waals surface area contributed by atoms with Crippen molar-refractivity contribution in [2.75, 3.05) is 13.1 Å². The molecule has 1 amide bonds. The van der Waals surface area contributed by atoms with Gasteiger partial charge in [0, 0.05) is 19.1 Å². The average molecular weight is 166 g/mol. The fraction of sp³-hybridized carbons (Fsp3) is 0.429. The molecule has 0 radical (unpaired) electrons. The number of aromatic amines is 1. The molecule has 1 aromatic rings. The Morgan fingerprint density at radius 3 is 3.00 bits per heavy atom. The van der Waals surface area contributed by atoms with Crippen LogP contribution < -0.4 is 5.73 Å². The Balaban J connectivity index is 2.03. The molecule has 0 aliphatic carbocycles. The molecule has 0 bridgehead atoms. The van der Waals surface area contributed by atoms with Crippen molar-refractivity contribution in [1.29, 1.82) is 0 Å². The normalized spacial score (nSPS) is 17.6. The number of hydrogen-bond donors (Lipinski definition) is 2. The Kier molecular flexibility index (Phi) is 1.58. The molecule has 5 nitrogen and oxygen atoms in total. The Morgan fingerprint density at radius 1 is 1.75 bits per heavy atom. The molecule has 0 atom stereocenters. The number of likely N-dealkylation sites (tertiary alicyclic amines) is 1.